The second-order valence-corrected chi connectivity index (χ2v) is 4.50. The number of anilines is 1. The van der Waals surface area contributed by atoms with E-state index in [4.69, 9.17) is 9.57 Å². The Morgan fingerprint density at radius 1 is 1.45 bits per heavy atom. The number of rotatable bonds is 4. The molecule has 6 nitrogen and oxygen atoms in total. The maximum atomic E-state index is 12.0. The lowest BCUT2D eigenvalue weighted by Crippen LogP contribution is -2.42. The van der Waals surface area contributed by atoms with Crippen LogP contribution < -0.4 is 5.32 Å². The van der Waals surface area contributed by atoms with Gasteiger partial charge in [0.25, 0.3) is 0 Å². The summed E-state index contributed by atoms with van der Waals surface area (Å²) >= 11 is 0. The first-order chi connectivity index (χ1) is 9.58. The second kappa shape index (κ2) is 5.92. The minimum Gasteiger partial charge on any atom is -0.466 e. The SMILES string of the molecule is CCOC(=O)CC1c2cccc(C)c2NC(=O)N1OC. The molecule has 1 aromatic rings. The molecule has 108 valence electrons. The highest BCUT2D eigenvalue weighted by molar-refractivity contribution is 5.94. The van der Waals surface area contributed by atoms with Crippen molar-refractivity contribution in [3.63, 3.8) is 0 Å². The lowest BCUT2D eigenvalue weighted by Gasteiger charge is -2.35. The molecule has 0 bridgehead atoms. The average molecular weight is 278 g/mol. The number of nitrogens with one attached hydrogen (secondary N) is 1. The van der Waals surface area contributed by atoms with Crippen LogP contribution in [-0.4, -0.2) is 30.8 Å². The molecule has 1 aliphatic heterocycles. The number of para-hydroxylation sites is 1. The number of carbonyl (C=O) groups is 2. The Labute approximate surface area is 117 Å². The molecule has 2 rings (SSSR count). The summed E-state index contributed by atoms with van der Waals surface area (Å²) in [5, 5.41) is 3.94. The Balaban J connectivity index is 2.37. The number of hydrogen-bond acceptors (Lipinski definition) is 4. The molecule has 2 amide bonds. The van der Waals surface area contributed by atoms with E-state index in [1.807, 2.05) is 25.1 Å². The van der Waals surface area contributed by atoms with E-state index in [0.29, 0.717) is 6.61 Å². The van der Waals surface area contributed by atoms with Gasteiger partial charge in [0.05, 0.1) is 31.9 Å². The Kier molecular flexibility index (Phi) is 4.24. The van der Waals surface area contributed by atoms with E-state index in [1.165, 1.54) is 12.2 Å². The summed E-state index contributed by atoms with van der Waals surface area (Å²) in [5.74, 6) is -0.360. The Hall–Kier alpha value is -2.08. The third-order valence-electron chi connectivity index (χ3n) is 3.24. The number of aryl methyl sites for hydroxylation is 1. The normalized spacial score (nSPS) is 17.4. The molecule has 1 aliphatic rings. The monoisotopic (exact) mass is 278 g/mol. The summed E-state index contributed by atoms with van der Waals surface area (Å²) in [6.07, 6.45) is 0.0611. The van der Waals surface area contributed by atoms with Crippen molar-refractivity contribution in [2.24, 2.45) is 0 Å². The highest BCUT2D eigenvalue weighted by atomic mass is 16.7. The molecule has 0 aromatic heterocycles. The fraction of sp³-hybridized carbons (Fsp3) is 0.429. The Morgan fingerprint density at radius 3 is 2.85 bits per heavy atom. The molecule has 20 heavy (non-hydrogen) atoms. The molecular formula is C14H18N2O4. The van der Waals surface area contributed by atoms with Gasteiger partial charge in [-0.05, 0) is 19.4 Å². The first kappa shape index (κ1) is 14.3. The molecule has 1 unspecified atom stereocenters. The summed E-state index contributed by atoms with van der Waals surface area (Å²) in [5.41, 5.74) is 2.53. The first-order valence-electron chi connectivity index (χ1n) is 6.48. The number of esters is 1. The van der Waals surface area contributed by atoms with Crippen molar-refractivity contribution in [2.45, 2.75) is 26.3 Å². The number of carbonyl (C=O) groups excluding carboxylic acids is 2. The van der Waals surface area contributed by atoms with Gasteiger partial charge in [-0.15, -0.1) is 0 Å². The predicted molar refractivity (Wildman–Crippen MR) is 73.0 cm³/mol. The van der Waals surface area contributed by atoms with Crippen molar-refractivity contribution >= 4 is 17.7 Å². The van der Waals surface area contributed by atoms with Gasteiger partial charge in [0, 0.05) is 5.56 Å². The molecule has 1 aromatic carbocycles. The minimum absolute atomic E-state index is 0.0611. The van der Waals surface area contributed by atoms with Gasteiger partial charge in [-0.2, -0.15) is 5.06 Å². The minimum atomic E-state index is -0.484. The van der Waals surface area contributed by atoms with E-state index in [-0.39, 0.29) is 18.4 Å². The van der Waals surface area contributed by atoms with Crippen molar-refractivity contribution in [1.82, 2.24) is 5.06 Å². The maximum Gasteiger partial charge on any atom is 0.346 e. The number of hydroxylamine groups is 2. The summed E-state index contributed by atoms with van der Waals surface area (Å²) in [6, 6.07) is 4.80. The van der Waals surface area contributed by atoms with Crippen molar-refractivity contribution in [3.05, 3.63) is 29.3 Å². The summed E-state index contributed by atoms with van der Waals surface area (Å²) in [6.45, 7) is 3.96. The molecule has 0 fully saturated rings. The molecule has 0 spiro atoms. The van der Waals surface area contributed by atoms with Gasteiger partial charge in [0.15, 0.2) is 0 Å². The smallest absolute Gasteiger partial charge is 0.346 e. The number of urea groups is 1. The number of fused-ring (bicyclic) bond motifs is 1. The summed E-state index contributed by atoms with van der Waals surface area (Å²) in [7, 11) is 1.40. The topological polar surface area (TPSA) is 67.9 Å². The van der Waals surface area contributed by atoms with Crippen molar-refractivity contribution in [3.8, 4) is 0 Å². The van der Waals surface area contributed by atoms with Crippen LogP contribution in [0.3, 0.4) is 0 Å². The molecular weight excluding hydrogens is 260 g/mol. The van der Waals surface area contributed by atoms with E-state index >= 15 is 0 Å². The molecule has 0 radical (unpaired) electrons. The van der Waals surface area contributed by atoms with E-state index < -0.39 is 6.04 Å². The van der Waals surface area contributed by atoms with Gasteiger partial charge in [0.1, 0.15) is 0 Å². The van der Waals surface area contributed by atoms with Gasteiger partial charge in [-0.25, -0.2) is 4.79 Å². The lowest BCUT2D eigenvalue weighted by molar-refractivity contribution is -0.153. The van der Waals surface area contributed by atoms with Gasteiger partial charge < -0.3 is 10.1 Å². The van der Waals surface area contributed by atoms with Crippen LogP contribution in [0.2, 0.25) is 0 Å². The van der Waals surface area contributed by atoms with Crippen LogP contribution in [0.25, 0.3) is 0 Å². The molecule has 0 saturated carbocycles. The summed E-state index contributed by atoms with van der Waals surface area (Å²) in [4.78, 5) is 28.9. The number of hydrogen-bond donors (Lipinski definition) is 1. The maximum absolute atomic E-state index is 12.0. The fourth-order valence-electron chi connectivity index (χ4n) is 2.35. The number of amides is 2. The third-order valence-corrected chi connectivity index (χ3v) is 3.24. The highest BCUT2D eigenvalue weighted by Crippen LogP contribution is 2.37. The third kappa shape index (κ3) is 2.60. The zero-order valence-corrected chi connectivity index (χ0v) is 11.8. The molecule has 1 N–H and O–H groups in total. The first-order valence-corrected chi connectivity index (χ1v) is 6.48. The standard InChI is InChI=1S/C14H18N2O4/c1-4-20-12(17)8-11-10-7-5-6-9(2)13(10)15-14(18)16(11)19-3/h5-7,11H,4,8H2,1-3H3,(H,15,18). The van der Waals surface area contributed by atoms with Gasteiger partial charge in [0.2, 0.25) is 0 Å². The molecule has 6 heteroatoms. The Bertz CT molecular complexity index is 530. The van der Waals surface area contributed by atoms with Crippen LogP contribution in [-0.2, 0) is 14.4 Å². The van der Waals surface area contributed by atoms with Crippen LogP contribution >= 0.6 is 0 Å². The van der Waals surface area contributed by atoms with E-state index in [9.17, 15) is 9.59 Å². The van der Waals surface area contributed by atoms with Crippen LogP contribution in [0, 0.1) is 6.92 Å². The van der Waals surface area contributed by atoms with Crippen LogP contribution in [0.1, 0.15) is 30.5 Å². The van der Waals surface area contributed by atoms with Gasteiger partial charge in [-0.3, -0.25) is 9.63 Å². The molecule has 0 aliphatic carbocycles. The number of benzene rings is 1. The Morgan fingerprint density at radius 2 is 2.20 bits per heavy atom. The van der Waals surface area contributed by atoms with Crippen LogP contribution in [0.15, 0.2) is 18.2 Å². The van der Waals surface area contributed by atoms with Crippen LogP contribution in [0.5, 0.6) is 0 Å². The zero-order valence-electron chi connectivity index (χ0n) is 11.8. The average Bonchev–Trinajstić information content (AvgIpc) is 2.40. The van der Waals surface area contributed by atoms with E-state index in [0.717, 1.165) is 16.8 Å². The van der Waals surface area contributed by atoms with Crippen LogP contribution in [0.4, 0.5) is 10.5 Å². The second-order valence-electron chi connectivity index (χ2n) is 4.50. The highest BCUT2D eigenvalue weighted by Gasteiger charge is 2.35. The molecule has 1 heterocycles. The lowest BCUT2D eigenvalue weighted by atomic mass is 9.97. The van der Waals surface area contributed by atoms with E-state index in [2.05, 4.69) is 5.32 Å². The zero-order chi connectivity index (χ0) is 14.7. The van der Waals surface area contributed by atoms with Crippen molar-refractivity contribution in [2.75, 3.05) is 19.0 Å². The summed E-state index contributed by atoms with van der Waals surface area (Å²) < 4.78 is 4.97. The predicted octanol–water partition coefficient (Wildman–Crippen LogP) is 2.40. The fourth-order valence-corrected chi connectivity index (χ4v) is 2.35. The van der Waals surface area contributed by atoms with Crippen molar-refractivity contribution < 1.29 is 19.2 Å². The largest absolute Gasteiger partial charge is 0.466 e. The molecule has 0 saturated heterocycles. The van der Waals surface area contributed by atoms with E-state index in [1.54, 1.807) is 6.92 Å². The van der Waals surface area contributed by atoms with Gasteiger partial charge >= 0.3 is 12.0 Å². The van der Waals surface area contributed by atoms with Crippen molar-refractivity contribution in [1.29, 1.82) is 0 Å². The van der Waals surface area contributed by atoms with Gasteiger partial charge in [-0.1, -0.05) is 18.2 Å². The molecule has 1 atom stereocenters. The number of ether oxygens (including phenoxy) is 1. The number of nitrogens with zero attached hydrogens (tertiary/aromatic N) is 1. The quantitative estimate of drug-likeness (QED) is 0.859.